The van der Waals surface area contributed by atoms with Gasteiger partial charge in [0.15, 0.2) is 0 Å². The van der Waals surface area contributed by atoms with Crippen LogP contribution < -0.4 is 0 Å². The van der Waals surface area contributed by atoms with Crippen molar-refractivity contribution in [2.75, 3.05) is 0 Å². The van der Waals surface area contributed by atoms with Crippen LogP contribution in [0.1, 0.15) is 117 Å². The first-order valence-electron chi connectivity index (χ1n) is 11.0. The van der Waals surface area contributed by atoms with Crippen LogP contribution in [0.3, 0.4) is 0 Å². The van der Waals surface area contributed by atoms with Crippen molar-refractivity contribution in [1.29, 1.82) is 0 Å². The highest BCUT2D eigenvalue weighted by Crippen LogP contribution is 2.17. The third kappa shape index (κ3) is 16.1. The first-order chi connectivity index (χ1) is 12.8. The van der Waals surface area contributed by atoms with Gasteiger partial charge in [-0.25, -0.2) is 0 Å². The van der Waals surface area contributed by atoms with Gasteiger partial charge in [-0.1, -0.05) is 104 Å². The molecule has 0 spiro atoms. The van der Waals surface area contributed by atoms with E-state index >= 15 is 0 Å². The topological polar surface area (TPSA) is 80.7 Å². The summed E-state index contributed by atoms with van der Waals surface area (Å²) < 4.78 is 36.8. The van der Waals surface area contributed by atoms with Gasteiger partial charge in [-0.05, 0) is 6.42 Å². The fourth-order valence-electron chi connectivity index (χ4n) is 3.04. The van der Waals surface area contributed by atoms with Crippen LogP contribution in [0.15, 0.2) is 0 Å². The fourth-order valence-corrected chi connectivity index (χ4v) is 3.72. The van der Waals surface area contributed by atoms with E-state index in [1.807, 2.05) is 0 Å². The first-order valence-corrected chi connectivity index (χ1v) is 12.5. The van der Waals surface area contributed by atoms with Gasteiger partial charge in [0.05, 0.1) is 5.92 Å². The highest BCUT2D eigenvalue weighted by atomic mass is 32.2. The molecular formula is C21H42O5S. The van der Waals surface area contributed by atoms with Crippen LogP contribution in [0.25, 0.3) is 0 Å². The Balaban J connectivity index is 3.61. The number of rotatable bonds is 18. The molecule has 0 radical (unpaired) electrons. The zero-order chi connectivity index (χ0) is 20.5. The van der Waals surface area contributed by atoms with Crippen molar-refractivity contribution in [3.8, 4) is 0 Å². The van der Waals surface area contributed by atoms with E-state index in [4.69, 9.17) is 4.74 Å². The van der Waals surface area contributed by atoms with E-state index in [1.165, 1.54) is 64.2 Å². The smallest absolute Gasteiger partial charge is 0.309 e. The fraction of sp³-hybridized carbons (Fsp3) is 0.952. The average Bonchev–Trinajstić information content (AvgIpc) is 2.59. The van der Waals surface area contributed by atoms with Crippen LogP contribution in [0, 0.1) is 5.92 Å². The van der Waals surface area contributed by atoms with Gasteiger partial charge in [0, 0.05) is 6.42 Å². The summed E-state index contributed by atoms with van der Waals surface area (Å²) in [5.74, 6) is -1.01. The maximum atomic E-state index is 11.5. The molecule has 27 heavy (non-hydrogen) atoms. The lowest BCUT2D eigenvalue weighted by molar-refractivity contribution is -0.149. The van der Waals surface area contributed by atoms with Gasteiger partial charge in [-0.3, -0.25) is 9.35 Å². The molecule has 0 heterocycles. The molecule has 5 nitrogen and oxygen atoms in total. The molecule has 0 aromatic heterocycles. The molecule has 0 bridgehead atoms. The number of hydrogen-bond donors (Lipinski definition) is 1. The van der Waals surface area contributed by atoms with E-state index in [1.54, 1.807) is 13.8 Å². The van der Waals surface area contributed by atoms with Gasteiger partial charge in [-0.2, -0.15) is 8.42 Å². The van der Waals surface area contributed by atoms with Crippen molar-refractivity contribution in [3.05, 3.63) is 0 Å². The molecule has 0 aliphatic carbocycles. The molecule has 0 aromatic carbocycles. The summed E-state index contributed by atoms with van der Waals surface area (Å²) in [7, 11) is -4.35. The van der Waals surface area contributed by atoms with Crippen molar-refractivity contribution < 1.29 is 22.5 Å². The Morgan fingerprint density at radius 3 is 1.48 bits per heavy atom. The van der Waals surface area contributed by atoms with Gasteiger partial charge in [0.2, 0.25) is 5.44 Å². The van der Waals surface area contributed by atoms with E-state index in [0.717, 1.165) is 19.3 Å². The summed E-state index contributed by atoms with van der Waals surface area (Å²) in [4.78, 5) is 11.5. The van der Waals surface area contributed by atoms with Gasteiger partial charge in [0.1, 0.15) is 0 Å². The second-order valence-corrected chi connectivity index (χ2v) is 9.48. The number of ether oxygens (including phenoxy) is 1. The van der Waals surface area contributed by atoms with E-state index in [9.17, 15) is 17.8 Å². The minimum absolute atomic E-state index is 0.162. The summed E-state index contributed by atoms with van der Waals surface area (Å²) in [5.41, 5.74) is -1.43. The van der Waals surface area contributed by atoms with Crippen LogP contribution in [0.4, 0.5) is 0 Å². The normalized spacial score (nSPS) is 13.1. The predicted octanol–water partition coefficient (Wildman–Crippen LogP) is 6.27. The zero-order valence-corrected chi connectivity index (χ0v) is 18.6. The average molecular weight is 407 g/mol. The maximum Gasteiger partial charge on any atom is 0.309 e. The van der Waals surface area contributed by atoms with E-state index < -0.39 is 27.4 Å². The third-order valence-electron chi connectivity index (χ3n) is 4.84. The Hall–Kier alpha value is -0.620. The van der Waals surface area contributed by atoms with Gasteiger partial charge in [-0.15, -0.1) is 0 Å². The number of carbonyl (C=O) groups is 1. The Bertz CT molecular complexity index is 459. The van der Waals surface area contributed by atoms with Gasteiger partial charge < -0.3 is 4.74 Å². The molecule has 1 N–H and O–H groups in total. The van der Waals surface area contributed by atoms with Crippen molar-refractivity contribution in [2.45, 2.75) is 123 Å². The molecule has 1 atom stereocenters. The summed E-state index contributed by atoms with van der Waals surface area (Å²) >= 11 is 0. The molecule has 0 fully saturated rings. The highest BCUT2D eigenvalue weighted by Gasteiger charge is 2.27. The molecule has 162 valence electrons. The van der Waals surface area contributed by atoms with Crippen LogP contribution in [-0.2, 0) is 19.6 Å². The second-order valence-electron chi connectivity index (χ2n) is 7.92. The highest BCUT2D eigenvalue weighted by molar-refractivity contribution is 7.86. The largest absolute Gasteiger partial charge is 0.443 e. The number of esters is 1. The molecule has 0 aliphatic heterocycles. The van der Waals surface area contributed by atoms with Gasteiger partial charge in [0.25, 0.3) is 0 Å². The van der Waals surface area contributed by atoms with Crippen molar-refractivity contribution in [1.82, 2.24) is 0 Å². The van der Waals surface area contributed by atoms with Crippen LogP contribution in [0.2, 0.25) is 0 Å². The standard InChI is InChI=1S/C21H42O5S/c1-4-5-6-7-8-9-10-11-12-13-14-15-16-17-18-20(27(23,24)25)26-21(22)19(2)3/h19-20H,4-18H2,1-3H3,(H,23,24,25). The Kier molecular flexibility index (Phi) is 16.0. The Labute approximate surface area is 167 Å². The zero-order valence-electron chi connectivity index (χ0n) is 17.7. The summed E-state index contributed by atoms with van der Waals surface area (Å²) in [6.07, 6.45) is 17.2. The van der Waals surface area contributed by atoms with Crippen LogP contribution in [-0.4, -0.2) is 24.4 Å². The summed E-state index contributed by atoms with van der Waals surface area (Å²) in [5, 5.41) is 0. The Morgan fingerprint density at radius 1 is 0.778 bits per heavy atom. The number of unbranched alkanes of at least 4 members (excludes halogenated alkanes) is 13. The minimum atomic E-state index is -4.35. The van der Waals surface area contributed by atoms with Gasteiger partial charge >= 0.3 is 16.1 Å². The van der Waals surface area contributed by atoms with Crippen molar-refractivity contribution >= 4 is 16.1 Å². The summed E-state index contributed by atoms with van der Waals surface area (Å²) in [6, 6.07) is 0. The molecule has 1 unspecified atom stereocenters. The monoisotopic (exact) mass is 406 g/mol. The molecule has 0 amide bonds. The molecule has 0 saturated carbocycles. The first kappa shape index (κ1) is 26.4. The molecule has 0 saturated heterocycles. The quantitative estimate of drug-likeness (QED) is 0.165. The van der Waals surface area contributed by atoms with E-state index in [0.29, 0.717) is 6.42 Å². The van der Waals surface area contributed by atoms with Crippen LogP contribution in [0.5, 0.6) is 0 Å². The maximum absolute atomic E-state index is 11.5. The van der Waals surface area contributed by atoms with E-state index in [-0.39, 0.29) is 6.42 Å². The number of carbonyl (C=O) groups excluding carboxylic acids is 1. The SMILES string of the molecule is CCCCCCCCCCCCCCCCC(OC(=O)C(C)C)S(=O)(=O)O. The van der Waals surface area contributed by atoms with Crippen molar-refractivity contribution in [2.24, 2.45) is 5.92 Å². The molecule has 0 aliphatic rings. The molecule has 6 heteroatoms. The lowest BCUT2D eigenvalue weighted by Crippen LogP contribution is -2.28. The second kappa shape index (κ2) is 16.3. The molecule has 0 rings (SSSR count). The number of hydrogen-bond acceptors (Lipinski definition) is 4. The lowest BCUT2D eigenvalue weighted by Gasteiger charge is -2.16. The van der Waals surface area contributed by atoms with Crippen LogP contribution >= 0.6 is 0 Å². The summed E-state index contributed by atoms with van der Waals surface area (Å²) in [6.45, 7) is 5.51. The Morgan fingerprint density at radius 2 is 1.15 bits per heavy atom. The predicted molar refractivity (Wildman–Crippen MR) is 111 cm³/mol. The third-order valence-corrected chi connectivity index (χ3v) is 5.84. The van der Waals surface area contributed by atoms with E-state index in [2.05, 4.69) is 6.92 Å². The van der Waals surface area contributed by atoms with Crippen molar-refractivity contribution in [3.63, 3.8) is 0 Å². The molecular weight excluding hydrogens is 364 g/mol. The lowest BCUT2D eigenvalue weighted by atomic mass is 10.0. The minimum Gasteiger partial charge on any atom is -0.443 e. The molecule has 0 aromatic rings.